The molecule has 1 aromatic heterocycles. The number of benzene rings is 1. The van der Waals surface area contributed by atoms with Crippen LogP contribution < -0.4 is 21.6 Å². The van der Waals surface area contributed by atoms with E-state index in [0.717, 1.165) is 22.4 Å². The van der Waals surface area contributed by atoms with Gasteiger partial charge < -0.3 is 15.3 Å². The Morgan fingerprint density at radius 2 is 2.19 bits per heavy atom. The average Bonchev–Trinajstić information content (AvgIpc) is 3.42. The highest BCUT2D eigenvalue weighted by atomic mass is 16.6. The van der Waals surface area contributed by atoms with Crippen molar-refractivity contribution in [1.29, 1.82) is 0 Å². The van der Waals surface area contributed by atoms with E-state index >= 15 is 0 Å². The highest BCUT2D eigenvalue weighted by Gasteiger charge is 2.33. The van der Waals surface area contributed by atoms with E-state index in [9.17, 15) is 4.79 Å². The van der Waals surface area contributed by atoms with Gasteiger partial charge in [0.15, 0.2) is 6.10 Å². The number of hydrazine groups is 1. The predicted molar refractivity (Wildman–Crippen MR) is 119 cm³/mol. The first-order valence-electron chi connectivity index (χ1n) is 9.71. The van der Waals surface area contributed by atoms with Crippen LogP contribution in [-0.2, 0) is 9.47 Å². The summed E-state index contributed by atoms with van der Waals surface area (Å²) >= 11 is 0. The third-order valence-electron chi connectivity index (χ3n) is 4.93. The summed E-state index contributed by atoms with van der Waals surface area (Å²) < 4.78 is 11.0. The van der Waals surface area contributed by atoms with Gasteiger partial charge in [-0.05, 0) is 48.4 Å². The third-order valence-corrected chi connectivity index (χ3v) is 4.93. The molecule has 1 atom stereocenters. The minimum atomic E-state index is -0.385. The van der Waals surface area contributed by atoms with E-state index in [2.05, 4.69) is 15.1 Å². The fourth-order valence-corrected chi connectivity index (χ4v) is 3.40. The Hall–Kier alpha value is -3.92. The molecule has 2 aliphatic heterocycles. The van der Waals surface area contributed by atoms with E-state index < -0.39 is 0 Å². The smallest absolute Gasteiger partial charge is 0.414 e. The molecule has 2 aromatic rings. The van der Waals surface area contributed by atoms with Crippen LogP contribution in [0.2, 0.25) is 0 Å². The molecule has 1 fully saturated rings. The van der Waals surface area contributed by atoms with Crippen LogP contribution in [0.25, 0.3) is 11.1 Å². The van der Waals surface area contributed by atoms with Crippen LogP contribution in [-0.4, -0.2) is 49.1 Å². The first-order valence-corrected chi connectivity index (χ1v) is 9.71. The van der Waals surface area contributed by atoms with Crippen molar-refractivity contribution in [3.63, 3.8) is 0 Å². The van der Waals surface area contributed by atoms with Crippen molar-refractivity contribution in [2.75, 3.05) is 29.6 Å². The van der Waals surface area contributed by atoms with Crippen LogP contribution >= 0.6 is 0 Å². The lowest BCUT2D eigenvalue weighted by Gasteiger charge is -2.17. The van der Waals surface area contributed by atoms with E-state index in [1.54, 1.807) is 17.2 Å². The maximum atomic E-state index is 12.4. The monoisotopic (exact) mass is 421 g/mol. The number of anilines is 2. The second kappa shape index (κ2) is 8.84. The average molecular weight is 421 g/mol. The van der Waals surface area contributed by atoms with Crippen molar-refractivity contribution < 1.29 is 14.3 Å². The Kier molecular flexibility index (Phi) is 5.80. The zero-order valence-electron chi connectivity index (χ0n) is 17.0. The molecule has 0 bridgehead atoms. The molecular weight excluding hydrogens is 398 g/mol. The molecule has 4 rings (SSSR count). The summed E-state index contributed by atoms with van der Waals surface area (Å²) in [6.45, 7) is 3.27. The predicted octanol–water partition coefficient (Wildman–Crippen LogP) is 1.95. The number of aromatic nitrogens is 1. The maximum Gasteiger partial charge on any atom is 0.414 e. The Balaban J connectivity index is 1.44. The highest BCUT2D eigenvalue weighted by molar-refractivity contribution is 5.92. The summed E-state index contributed by atoms with van der Waals surface area (Å²) in [7, 11) is 0. The van der Waals surface area contributed by atoms with E-state index in [1.165, 1.54) is 11.3 Å². The fourth-order valence-electron chi connectivity index (χ4n) is 3.40. The Bertz CT molecular complexity index is 1050. The summed E-state index contributed by atoms with van der Waals surface area (Å²) in [6, 6.07) is 9.52. The first-order chi connectivity index (χ1) is 15.0. The molecule has 0 saturated carbocycles. The SMILES string of the molecule is Cc1cc(-c2ccc(N(N)/C=N\N)nc2)ccc1N1CC(COC2=NCC=C2)OC1=O. The van der Waals surface area contributed by atoms with Crippen LogP contribution in [0.5, 0.6) is 0 Å². The maximum absolute atomic E-state index is 12.4. The number of hydrogen-bond acceptors (Lipinski definition) is 8. The molecule has 1 aromatic carbocycles. The molecule has 1 saturated heterocycles. The van der Waals surface area contributed by atoms with Crippen molar-refractivity contribution in [3.05, 3.63) is 54.2 Å². The van der Waals surface area contributed by atoms with Crippen molar-refractivity contribution in [2.45, 2.75) is 13.0 Å². The summed E-state index contributed by atoms with van der Waals surface area (Å²) in [5, 5.41) is 4.60. The molecule has 10 heteroatoms. The van der Waals surface area contributed by atoms with Crippen LogP contribution in [0.4, 0.5) is 16.3 Å². The fraction of sp³-hybridized carbons (Fsp3) is 0.238. The van der Waals surface area contributed by atoms with Crippen LogP contribution in [0.15, 0.2) is 58.8 Å². The van der Waals surface area contributed by atoms with E-state index in [-0.39, 0.29) is 18.8 Å². The van der Waals surface area contributed by atoms with Gasteiger partial charge in [0.2, 0.25) is 5.90 Å². The molecule has 1 amide bonds. The minimum Gasteiger partial charge on any atom is -0.474 e. The molecule has 10 nitrogen and oxygen atoms in total. The van der Waals surface area contributed by atoms with Crippen molar-refractivity contribution in [3.8, 4) is 11.1 Å². The molecule has 160 valence electrons. The van der Waals surface area contributed by atoms with Gasteiger partial charge in [0.25, 0.3) is 0 Å². The Morgan fingerprint density at radius 1 is 1.35 bits per heavy atom. The number of aliphatic imine (C=N–C) groups is 1. The van der Waals surface area contributed by atoms with Gasteiger partial charge in [0.05, 0.1) is 18.8 Å². The van der Waals surface area contributed by atoms with Gasteiger partial charge in [-0.25, -0.2) is 25.6 Å². The van der Waals surface area contributed by atoms with Crippen LogP contribution in [0.3, 0.4) is 0 Å². The highest BCUT2D eigenvalue weighted by Crippen LogP contribution is 2.30. The second-order valence-electron chi connectivity index (χ2n) is 7.09. The zero-order chi connectivity index (χ0) is 21.8. The molecule has 2 aliphatic rings. The van der Waals surface area contributed by atoms with Gasteiger partial charge in [-0.2, -0.15) is 5.10 Å². The number of ether oxygens (including phenoxy) is 2. The molecule has 4 N–H and O–H groups in total. The summed E-state index contributed by atoms with van der Waals surface area (Å²) in [4.78, 5) is 22.5. The van der Waals surface area contributed by atoms with Crippen molar-refractivity contribution >= 4 is 29.8 Å². The lowest BCUT2D eigenvalue weighted by Crippen LogP contribution is -2.30. The molecule has 3 heterocycles. The Morgan fingerprint density at radius 3 is 2.87 bits per heavy atom. The van der Waals surface area contributed by atoms with Gasteiger partial charge in [0.1, 0.15) is 18.8 Å². The van der Waals surface area contributed by atoms with Gasteiger partial charge in [-0.3, -0.25) is 4.90 Å². The van der Waals surface area contributed by atoms with Crippen molar-refractivity contribution in [2.24, 2.45) is 21.8 Å². The minimum absolute atomic E-state index is 0.271. The number of carbonyl (C=O) groups is 1. The number of hydrogen-bond donors (Lipinski definition) is 2. The quantitative estimate of drug-likeness (QED) is 0.315. The number of hydrazone groups is 1. The van der Waals surface area contributed by atoms with Crippen LogP contribution in [0, 0.1) is 6.92 Å². The number of amides is 1. The number of pyridine rings is 1. The number of nitrogens with zero attached hydrogens (tertiary/aromatic N) is 5. The summed E-state index contributed by atoms with van der Waals surface area (Å²) in [5.41, 5.74) is 3.62. The first kappa shape index (κ1) is 20.4. The van der Waals surface area contributed by atoms with Gasteiger partial charge in [0, 0.05) is 11.8 Å². The standard InChI is InChI=1S/C21H23N7O3/c1-14-9-15(16-5-7-19(25-10-16)28(23)13-26-22)4-6-18(14)27-11-17(31-21(27)29)12-30-20-3-2-8-24-20/h2-7,9-10,13,17H,8,11-12,22-23H2,1H3/b26-13-. The van der Waals surface area contributed by atoms with Crippen LogP contribution in [0.1, 0.15) is 5.56 Å². The molecule has 0 spiro atoms. The number of aryl methyl sites for hydroxylation is 1. The van der Waals surface area contributed by atoms with E-state index in [4.69, 9.17) is 21.2 Å². The van der Waals surface area contributed by atoms with Crippen molar-refractivity contribution in [1.82, 2.24) is 4.98 Å². The van der Waals surface area contributed by atoms with E-state index in [1.807, 2.05) is 43.3 Å². The zero-order valence-corrected chi connectivity index (χ0v) is 17.0. The molecule has 1 unspecified atom stereocenters. The topological polar surface area (TPSA) is 132 Å². The molecule has 31 heavy (non-hydrogen) atoms. The lowest BCUT2D eigenvalue weighted by molar-refractivity contribution is 0.101. The second-order valence-corrected chi connectivity index (χ2v) is 7.09. The van der Waals surface area contributed by atoms with Gasteiger partial charge in [-0.1, -0.05) is 12.1 Å². The number of rotatable bonds is 6. The van der Waals surface area contributed by atoms with Gasteiger partial charge >= 0.3 is 6.09 Å². The molecule has 0 radical (unpaired) electrons. The lowest BCUT2D eigenvalue weighted by atomic mass is 10.0. The third kappa shape index (κ3) is 4.48. The number of cyclic esters (lactones) is 1. The summed E-state index contributed by atoms with van der Waals surface area (Å²) in [5.74, 6) is 11.9. The molecule has 0 aliphatic carbocycles. The normalized spacial score (nSPS) is 17.9. The largest absolute Gasteiger partial charge is 0.474 e. The number of nitrogens with two attached hydrogens (primary N) is 2. The Labute approximate surface area is 179 Å². The van der Waals surface area contributed by atoms with Gasteiger partial charge in [-0.15, -0.1) is 0 Å². The summed E-state index contributed by atoms with van der Waals surface area (Å²) in [6.07, 6.45) is 5.98. The number of carbonyl (C=O) groups excluding carboxylic acids is 1. The van der Waals surface area contributed by atoms with E-state index in [0.29, 0.717) is 24.8 Å². The molecular formula is C21H23N7O3.